The van der Waals surface area contributed by atoms with Gasteiger partial charge in [-0.05, 0) is 39.7 Å². The second-order valence-electron chi connectivity index (χ2n) is 7.54. The van der Waals surface area contributed by atoms with Crippen LogP contribution in [-0.2, 0) is 23.8 Å². The summed E-state index contributed by atoms with van der Waals surface area (Å²) in [6.07, 6.45) is 1.61. The number of hydrogen-bond donors (Lipinski definition) is 3. The molecule has 1 rings (SSSR count). The summed E-state index contributed by atoms with van der Waals surface area (Å²) in [6, 6.07) is -1.25. The average molecular weight is 441 g/mol. The van der Waals surface area contributed by atoms with E-state index < -0.39 is 30.3 Å². The van der Waals surface area contributed by atoms with Gasteiger partial charge in [0.1, 0.15) is 0 Å². The largest absolute Gasteiger partial charge is 0.463 e. The molecule has 1 aliphatic carbocycles. The van der Waals surface area contributed by atoms with E-state index in [4.69, 9.17) is 19.9 Å². The summed E-state index contributed by atoms with van der Waals surface area (Å²) in [7, 11) is 0. The molecule has 2 amide bonds. The van der Waals surface area contributed by atoms with Crippen LogP contribution in [0.2, 0.25) is 0 Å². The molecule has 0 fully saturated rings. The predicted octanol–water partition coefficient (Wildman–Crippen LogP) is 1.78. The molecule has 0 aliphatic heterocycles. The van der Waals surface area contributed by atoms with Gasteiger partial charge in [-0.1, -0.05) is 13.8 Å². The number of nitrogens with zero attached hydrogens (tertiary/aromatic N) is 1. The fourth-order valence-electron chi connectivity index (χ4n) is 3.24. The number of aliphatic imine (C=N–C) groups is 1. The van der Waals surface area contributed by atoms with Crippen molar-refractivity contribution in [3.8, 4) is 0 Å². The zero-order chi connectivity index (χ0) is 23.6. The molecule has 0 spiro atoms. The number of rotatable bonds is 9. The van der Waals surface area contributed by atoms with Crippen LogP contribution in [0.1, 0.15) is 60.8 Å². The molecule has 0 saturated heterocycles. The third-order valence-electron chi connectivity index (χ3n) is 4.61. The summed E-state index contributed by atoms with van der Waals surface area (Å²) in [5, 5.41) is 5.21. The standard InChI is InChI=1S/C21H36N4O6/c1-7-15(8-2)31-17-11-14(19(27)29-9-3)10-16(18(17)23-13(6)26)24-20(22)25-21(28)30-12(4)5/h11-12,15-18H,7-10H2,1-6H3,(H,23,26)(H3,22,24,25,28). The second-order valence-corrected chi connectivity index (χ2v) is 7.54. The van der Waals surface area contributed by atoms with Gasteiger partial charge in [0.2, 0.25) is 5.91 Å². The molecule has 10 heteroatoms. The number of carbonyl (C=O) groups is 3. The molecule has 1 aliphatic rings. The summed E-state index contributed by atoms with van der Waals surface area (Å²) in [5.41, 5.74) is 6.28. The molecule has 176 valence electrons. The summed E-state index contributed by atoms with van der Waals surface area (Å²) < 4.78 is 16.3. The van der Waals surface area contributed by atoms with Crippen molar-refractivity contribution < 1.29 is 28.6 Å². The van der Waals surface area contributed by atoms with E-state index in [1.807, 2.05) is 13.8 Å². The lowest BCUT2D eigenvalue weighted by Gasteiger charge is -2.36. The number of guanidine groups is 1. The molecule has 10 nitrogen and oxygen atoms in total. The molecule has 0 heterocycles. The van der Waals surface area contributed by atoms with Crippen LogP contribution < -0.4 is 16.4 Å². The molecule has 0 aromatic heterocycles. The lowest BCUT2D eigenvalue weighted by Crippen LogP contribution is -2.54. The van der Waals surface area contributed by atoms with Crippen molar-refractivity contribution in [2.75, 3.05) is 6.61 Å². The SMILES string of the molecule is CCOC(=O)C1=CC(OC(CC)CC)C(NC(C)=O)C(N=C(N)NC(=O)OC(C)C)C1. The summed E-state index contributed by atoms with van der Waals surface area (Å²) in [4.78, 5) is 40.5. The van der Waals surface area contributed by atoms with Crippen LogP contribution in [0.25, 0.3) is 0 Å². The fraction of sp³-hybridized carbons (Fsp3) is 0.714. The van der Waals surface area contributed by atoms with E-state index in [-0.39, 0.29) is 37.1 Å². The highest BCUT2D eigenvalue weighted by molar-refractivity contribution is 5.93. The molecule has 3 unspecified atom stereocenters. The van der Waals surface area contributed by atoms with Gasteiger partial charge in [0.25, 0.3) is 0 Å². The summed E-state index contributed by atoms with van der Waals surface area (Å²) >= 11 is 0. The third kappa shape index (κ3) is 8.95. The number of ether oxygens (including phenoxy) is 3. The molecule has 31 heavy (non-hydrogen) atoms. The van der Waals surface area contributed by atoms with E-state index in [1.165, 1.54) is 6.92 Å². The topological polar surface area (TPSA) is 141 Å². The van der Waals surface area contributed by atoms with Gasteiger partial charge in [0.05, 0.1) is 37.0 Å². The van der Waals surface area contributed by atoms with E-state index in [9.17, 15) is 14.4 Å². The highest BCUT2D eigenvalue weighted by Crippen LogP contribution is 2.27. The predicted molar refractivity (Wildman–Crippen MR) is 116 cm³/mol. The molecule has 3 atom stereocenters. The van der Waals surface area contributed by atoms with Gasteiger partial charge >= 0.3 is 12.1 Å². The third-order valence-corrected chi connectivity index (χ3v) is 4.61. The van der Waals surface area contributed by atoms with Crippen LogP contribution in [0.5, 0.6) is 0 Å². The van der Waals surface area contributed by atoms with Crippen molar-refractivity contribution in [3.05, 3.63) is 11.6 Å². The van der Waals surface area contributed by atoms with Crippen LogP contribution in [0.15, 0.2) is 16.6 Å². The van der Waals surface area contributed by atoms with Crippen molar-refractivity contribution in [2.45, 2.75) is 91.2 Å². The van der Waals surface area contributed by atoms with Crippen LogP contribution in [0.4, 0.5) is 4.79 Å². The number of nitrogens with one attached hydrogen (secondary N) is 2. The molecule has 0 aromatic rings. The van der Waals surface area contributed by atoms with Gasteiger partial charge in [-0.25, -0.2) is 14.6 Å². The number of alkyl carbamates (subject to hydrolysis) is 1. The Balaban J connectivity index is 3.25. The fourth-order valence-corrected chi connectivity index (χ4v) is 3.24. The van der Waals surface area contributed by atoms with Crippen LogP contribution in [0.3, 0.4) is 0 Å². The van der Waals surface area contributed by atoms with Crippen LogP contribution in [0, 0.1) is 0 Å². The first-order chi connectivity index (χ1) is 14.6. The van der Waals surface area contributed by atoms with Gasteiger partial charge in [-0.15, -0.1) is 0 Å². The maximum absolute atomic E-state index is 12.4. The molecule has 0 saturated carbocycles. The number of nitrogens with two attached hydrogens (primary N) is 1. The zero-order valence-corrected chi connectivity index (χ0v) is 19.3. The molecule has 0 bridgehead atoms. The van der Waals surface area contributed by atoms with Crippen molar-refractivity contribution in [2.24, 2.45) is 10.7 Å². The smallest absolute Gasteiger partial charge is 0.414 e. The monoisotopic (exact) mass is 440 g/mol. The Morgan fingerprint density at radius 3 is 2.39 bits per heavy atom. The maximum atomic E-state index is 12.4. The lowest BCUT2D eigenvalue weighted by molar-refractivity contribution is -0.139. The quantitative estimate of drug-likeness (QED) is 0.282. The number of hydrogen-bond acceptors (Lipinski definition) is 7. The number of esters is 1. The Morgan fingerprint density at radius 1 is 1.23 bits per heavy atom. The lowest BCUT2D eigenvalue weighted by atomic mass is 9.88. The number of carbonyl (C=O) groups excluding carboxylic acids is 3. The normalized spacial score (nSPS) is 21.5. The first kappa shape index (κ1) is 26.4. The van der Waals surface area contributed by atoms with E-state index in [0.29, 0.717) is 5.57 Å². The minimum absolute atomic E-state index is 0.0693. The Morgan fingerprint density at radius 2 is 1.87 bits per heavy atom. The van der Waals surface area contributed by atoms with E-state index in [2.05, 4.69) is 15.6 Å². The van der Waals surface area contributed by atoms with E-state index in [1.54, 1.807) is 26.8 Å². The first-order valence-electron chi connectivity index (χ1n) is 10.7. The number of amides is 2. The molecule has 0 aromatic carbocycles. The van der Waals surface area contributed by atoms with Gasteiger partial charge in [-0.2, -0.15) is 0 Å². The molecular weight excluding hydrogens is 404 g/mol. The van der Waals surface area contributed by atoms with E-state index >= 15 is 0 Å². The molecule has 4 N–H and O–H groups in total. The summed E-state index contributed by atoms with van der Waals surface area (Å²) in [5.74, 6) is -0.938. The molecular formula is C21H36N4O6. The Kier molecular flexibility index (Phi) is 11.0. The summed E-state index contributed by atoms with van der Waals surface area (Å²) in [6.45, 7) is 10.7. The highest BCUT2D eigenvalue weighted by atomic mass is 16.6. The van der Waals surface area contributed by atoms with Crippen molar-refractivity contribution >= 4 is 23.9 Å². The van der Waals surface area contributed by atoms with Gasteiger partial charge < -0.3 is 25.3 Å². The zero-order valence-electron chi connectivity index (χ0n) is 19.3. The average Bonchev–Trinajstić information content (AvgIpc) is 2.66. The van der Waals surface area contributed by atoms with Gasteiger partial charge in [0, 0.05) is 18.9 Å². The van der Waals surface area contributed by atoms with Crippen LogP contribution in [-0.4, -0.2) is 60.9 Å². The first-order valence-corrected chi connectivity index (χ1v) is 10.7. The van der Waals surface area contributed by atoms with Crippen molar-refractivity contribution in [1.29, 1.82) is 0 Å². The second kappa shape index (κ2) is 12.9. The molecule has 0 radical (unpaired) electrons. The Bertz CT molecular complexity index is 687. The van der Waals surface area contributed by atoms with E-state index in [0.717, 1.165) is 12.8 Å². The van der Waals surface area contributed by atoms with Gasteiger partial charge in [-0.3, -0.25) is 10.1 Å². The maximum Gasteiger partial charge on any atom is 0.414 e. The minimum atomic E-state index is -0.742. The highest BCUT2D eigenvalue weighted by Gasteiger charge is 2.38. The Labute approximate surface area is 184 Å². The minimum Gasteiger partial charge on any atom is -0.463 e. The Hall–Kier alpha value is -2.62. The van der Waals surface area contributed by atoms with Gasteiger partial charge in [0.15, 0.2) is 5.96 Å². The van der Waals surface area contributed by atoms with Crippen LogP contribution >= 0.6 is 0 Å². The van der Waals surface area contributed by atoms with Crippen molar-refractivity contribution in [1.82, 2.24) is 10.6 Å². The van der Waals surface area contributed by atoms with Crippen molar-refractivity contribution in [3.63, 3.8) is 0 Å².